The molecule has 0 bridgehead atoms. The highest BCUT2D eigenvalue weighted by Gasteiger charge is 2.13. The van der Waals surface area contributed by atoms with E-state index in [0.29, 0.717) is 31.5 Å². The number of carboxylic acid groups (broad SMARTS) is 1. The van der Waals surface area contributed by atoms with Crippen molar-refractivity contribution < 1.29 is 19.4 Å². The van der Waals surface area contributed by atoms with Crippen LogP contribution in [0.15, 0.2) is 12.4 Å². The molecule has 7 heteroatoms. The number of aliphatic carboxylic acids is 1. The summed E-state index contributed by atoms with van der Waals surface area (Å²) < 4.78 is 10.4. The van der Waals surface area contributed by atoms with Crippen LogP contribution in [0.4, 0.5) is 5.82 Å². The molecule has 0 aromatic carbocycles. The Morgan fingerprint density at radius 1 is 1.42 bits per heavy atom. The fourth-order valence-corrected chi connectivity index (χ4v) is 1.43. The molecule has 0 radical (unpaired) electrons. The molecule has 1 aromatic heterocycles. The first-order chi connectivity index (χ1) is 9.17. The van der Waals surface area contributed by atoms with Gasteiger partial charge in [0.05, 0.1) is 13.2 Å². The molecule has 0 unspecified atom stereocenters. The van der Waals surface area contributed by atoms with E-state index in [0.717, 1.165) is 6.42 Å². The number of rotatable bonds is 9. The van der Waals surface area contributed by atoms with Gasteiger partial charge >= 0.3 is 5.97 Å². The van der Waals surface area contributed by atoms with Gasteiger partial charge in [0.25, 0.3) is 0 Å². The Balaban J connectivity index is 2.78. The lowest BCUT2D eigenvalue weighted by Crippen LogP contribution is -2.33. The standard InChI is InChI=1S/C12H19N3O4/c1-3-5-19-11-7-10(13-9-14-11)15(4-6-18-2)8-12(16)17/h7,9H,3-6,8H2,1-2H3,(H,16,17). The Hall–Kier alpha value is -1.89. The Morgan fingerprint density at radius 3 is 2.84 bits per heavy atom. The van der Waals surface area contributed by atoms with Crippen molar-refractivity contribution >= 4 is 11.8 Å². The zero-order chi connectivity index (χ0) is 14.1. The monoisotopic (exact) mass is 269 g/mol. The van der Waals surface area contributed by atoms with Gasteiger partial charge in [-0.2, -0.15) is 0 Å². The Bertz CT molecular complexity index is 400. The molecule has 7 nitrogen and oxygen atoms in total. The molecular weight excluding hydrogens is 250 g/mol. The normalized spacial score (nSPS) is 10.2. The first-order valence-electron chi connectivity index (χ1n) is 6.08. The number of nitrogens with zero attached hydrogens (tertiary/aromatic N) is 3. The number of aromatic nitrogens is 2. The molecule has 0 amide bonds. The third kappa shape index (κ3) is 5.52. The van der Waals surface area contributed by atoms with E-state index >= 15 is 0 Å². The lowest BCUT2D eigenvalue weighted by molar-refractivity contribution is -0.135. The van der Waals surface area contributed by atoms with Gasteiger partial charge in [-0.3, -0.25) is 4.79 Å². The Morgan fingerprint density at radius 2 is 2.21 bits per heavy atom. The Kier molecular flexibility index (Phi) is 6.59. The van der Waals surface area contributed by atoms with Gasteiger partial charge in [-0.05, 0) is 6.42 Å². The highest BCUT2D eigenvalue weighted by atomic mass is 16.5. The van der Waals surface area contributed by atoms with Gasteiger partial charge in [-0.15, -0.1) is 0 Å². The molecule has 19 heavy (non-hydrogen) atoms. The molecule has 1 rings (SSSR count). The van der Waals surface area contributed by atoms with Gasteiger partial charge in [0.1, 0.15) is 18.7 Å². The summed E-state index contributed by atoms with van der Waals surface area (Å²) in [5.74, 6) is 0.0333. The van der Waals surface area contributed by atoms with Crippen molar-refractivity contribution in [3.05, 3.63) is 12.4 Å². The molecule has 106 valence electrons. The number of anilines is 1. The molecule has 1 heterocycles. The second kappa shape index (κ2) is 8.25. The fourth-order valence-electron chi connectivity index (χ4n) is 1.43. The average molecular weight is 269 g/mol. The van der Waals surface area contributed by atoms with Crippen molar-refractivity contribution in [3.63, 3.8) is 0 Å². The van der Waals surface area contributed by atoms with Crippen LogP contribution in [0.1, 0.15) is 13.3 Å². The van der Waals surface area contributed by atoms with Crippen LogP contribution in [0.25, 0.3) is 0 Å². The summed E-state index contributed by atoms with van der Waals surface area (Å²) in [6.07, 6.45) is 2.24. The van der Waals surface area contributed by atoms with Crippen molar-refractivity contribution in [1.29, 1.82) is 0 Å². The zero-order valence-electron chi connectivity index (χ0n) is 11.2. The molecule has 0 aliphatic carbocycles. The van der Waals surface area contributed by atoms with Crippen LogP contribution in [-0.4, -0.2) is 54.5 Å². The summed E-state index contributed by atoms with van der Waals surface area (Å²) in [4.78, 5) is 20.5. The molecule has 1 N–H and O–H groups in total. The van der Waals surface area contributed by atoms with Crippen molar-refractivity contribution in [1.82, 2.24) is 9.97 Å². The Labute approximate surface area is 112 Å². The number of hydrogen-bond acceptors (Lipinski definition) is 6. The molecule has 0 spiro atoms. The first-order valence-corrected chi connectivity index (χ1v) is 6.08. The van der Waals surface area contributed by atoms with Gasteiger partial charge in [-0.1, -0.05) is 6.92 Å². The zero-order valence-corrected chi connectivity index (χ0v) is 11.2. The highest BCUT2D eigenvalue weighted by molar-refractivity contribution is 5.73. The predicted octanol–water partition coefficient (Wildman–Crippen LogP) is 0.803. The van der Waals surface area contributed by atoms with Gasteiger partial charge in [0, 0.05) is 19.7 Å². The van der Waals surface area contributed by atoms with Crippen LogP contribution in [0.2, 0.25) is 0 Å². The maximum absolute atomic E-state index is 10.8. The van der Waals surface area contributed by atoms with Gasteiger partial charge in [-0.25, -0.2) is 9.97 Å². The van der Waals surface area contributed by atoms with Crippen molar-refractivity contribution in [2.45, 2.75) is 13.3 Å². The second-order valence-corrected chi connectivity index (χ2v) is 3.87. The topological polar surface area (TPSA) is 84.8 Å². The summed E-state index contributed by atoms with van der Waals surface area (Å²) in [6.45, 7) is 3.27. The van der Waals surface area contributed by atoms with E-state index in [2.05, 4.69) is 9.97 Å². The summed E-state index contributed by atoms with van der Waals surface area (Å²) in [7, 11) is 1.56. The molecule has 1 aromatic rings. The summed E-state index contributed by atoms with van der Waals surface area (Å²) >= 11 is 0. The van der Waals surface area contributed by atoms with Crippen LogP contribution in [0.3, 0.4) is 0 Å². The third-order valence-electron chi connectivity index (χ3n) is 2.30. The van der Waals surface area contributed by atoms with E-state index in [1.807, 2.05) is 6.92 Å². The number of carboxylic acids is 1. The first kappa shape index (κ1) is 15.2. The molecule has 0 fully saturated rings. The summed E-state index contributed by atoms with van der Waals surface area (Å²) in [6, 6.07) is 1.63. The molecule has 0 aliphatic rings. The van der Waals surface area contributed by atoms with E-state index in [1.165, 1.54) is 6.33 Å². The minimum Gasteiger partial charge on any atom is -0.480 e. The van der Waals surface area contributed by atoms with Crippen LogP contribution in [0, 0.1) is 0 Å². The maximum atomic E-state index is 10.8. The van der Waals surface area contributed by atoms with E-state index in [-0.39, 0.29) is 6.54 Å². The number of methoxy groups -OCH3 is 1. The van der Waals surface area contributed by atoms with Crippen LogP contribution < -0.4 is 9.64 Å². The lowest BCUT2D eigenvalue weighted by Gasteiger charge is -2.21. The van der Waals surface area contributed by atoms with Crippen molar-refractivity contribution in [2.75, 3.05) is 38.3 Å². The van der Waals surface area contributed by atoms with Crippen LogP contribution in [0.5, 0.6) is 5.88 Å². The second-order valence-electron chi connectivity index (χ2n) is 3.87. The van der Waals surface area contributed by atoms with Gasteiger partial charge < -0.3 is 19.5 Å². The lowest BCUT2D eigenvalue weighted by atomic mass is 10.4. The highest BCUT2D eigenvalue weighted by Crippen LogP contribution is 2.15. The SMILES string of the molecule is CCCOc1cc(N(CCOC)CC(=O)O)ncn1. The third-order valence-corrected chi connectivity index (χ3v) is 2.30. The molecule has 0 saturated heterocycles. The van der Waals surface area contributed by atoms with Crippen molar-refractivity contribution in [2.24, 2.45) is 0 Å². The predicted molar refractivity (Wildman–Crippen MR) is 69.5 cm³/mol. The molecular formula is C12H19N3O4. The summed E-state index contributed by atoms with van der Waals surface area (Å²) in [5, 5.41) is 8.90. The van der Waals surface area contributed by atoms with E-state index in [9.17, 15) is 4.79 Å². The fraction of sp³-hybridized carbons (Fsp3) is 0.583. The number of ether oxygens (including phenoxy) is 2. The van der Waals surface area contributed by atoms with Crippen LogP contribution in [-0.2, 0) is 9.53 Å². The average Bonchev–Trinajstić information content (AvgIpc) is 2.41. The molecule has 0 saturated carbocycles. The number of hydrogen-bond donors (Lipinski definition) is 1. The van der Waals surface area contributed by atoms with E-state index < -0.39 is 5.97 Å². The van der Waals surface area contributed by atoms with Crippen molar-refractivity contribution in [3.8, 4) is 5.88 Å². The number of carbonyl (C=O) groups is 1. The summed E-state index contributed by atoms with van der Waals surface area (Å²) in [5.41, 5.74) is 0. The molecule has 0 atom stereocenters. The maximum Gasteiger partial charge on any atom is 0.323 e. The van der Waals surface area contributed by atoms with Crippen LogP contribution >= 0.6 is 0 Å². The largest absolute Gasteiger partial charge is 0.480 e. The quantitative estimate of drug-likeness (QED) is 0.709. The van der Waals surface area contributed by atoms with E-state index in [1.54, 1.807) is 18.1 Å². The van der Waals surface area contributed by atoms with Gasteiger partial charge in [0.15, 0.2) is 0 Å². The smallest absolute Gasteiger partial charge is 0.323 e. The minimum absolute atomic E-state index is 0.145. The van der Waals surface area contributed by atoms with Gasteiger partial charge in [0.2, 0.25) is 5.88 Å². The van der Waals surface area contributed by atoms with E-state index in [4.69, 9.17) is 14.6 Å². The minimum atomic E-state index is -0.925. The molecule has 0 aliphatic heterocycles.